The Kier molecular flexibility index (Phi) is 5.47. The topological polar surface area (TPSA) is 55.1 Å². The predicted molar refractivity (Wildman–Crippen MR) is 84.9 cm³/mol. The minimum absolute atomic E-state index is 0. The van der Waals surface area contributed by atoms with E-state index in [0.717, 1.165) is 12.8 Å². The highest BCUT2D eigenvalue weighted by Crippen LogP contribution is 2.41. The number of nitrogens with two attached hydrogens (primary N) is 1. The first-order valence-corrected chi connectivity index (χ1v) is 8.17. The van der Waals surface area contributed by atoms with Gasteiger partial charge in [0.2, 0.25) is 5.91 Å². The number of hydrogen-bond donors (Lipinski definition) is 2. The molecule has 2 aliphatic carbocycles. The van der Waals surface area contributed by atoms with Gasteiger partial charge in [-0.05, 0) is 49.0 Å². The number of fused-ring (bicyclic) bond motifs is 2. The molecule has 2 aliphatic rings. The Bertz CT molecular complexity index is 423. The first-order valence-electron chi connectivity index (χ1n) is 7.29. The number of thiophene rings is 1. The third kappa shape index (κ3) is 3.35. The van der Waals surface area contributed by atoms with Crippen LogP contribution in [0.15, 0.2) is 17.5 Å². The van der Waals surface area contributed by atoms with Crippen LogP contribution in [0.4, 0.5) is 0 Å². The van der Waals surface area contributed by atoms with E-state index in [9.17, 15) is 4.79 Å². The van der Waals surface area contributed by atoms with Crippen LogP contribution < -0.4 is 11.1 Å². The van der Waals surface area contributed by atoms with E-state index in [0.29, 0.717) is 24.4 Å². The molecule has 2 bridgehead atoms. The summed E-state index contributed by atoms with van der Waals surface area (Å²) in [7, 11) is 0. The number of carbonyl (C=O) groups is 1. The summed E-state index contributed by atoms with van der Waals surface area (Å²) in [6, 6.07) is 4.43. The third-order valence-corrected chi connectivity index (χ3v) is 5.68. The second-order valence-corrected chi connectivity index (χ2v) is 7.03. The van der Waals surface area contributed by atoms with Crippen molar-refractivity contribution >= 4 is 29.7 Å². The van der Waals surface area contributed by atoms with Gasteiger partial charge < -0.3 is 11.1 Å². The molecule has 3 nitrogen and oxygen atoms in total. The van der Waals surface area contributed by atoms with Crippen molar-refractivity contribution in [3.05, 3.63) is 22.4 Å². The molecule has 2 atom stereocenters. The van der Waals surface area contributed by atoms with E-state index in [1.54, 1.807) is 11.3 Å². The lowest BCUT2D eigenvalue weighted by atomic mass is 9.65. The minimum Gasteiger partial charge on any atom is -0.351 e. The Morgan fingerprint density at radius 2 is 2.05 bits per heavy atom. The summed E-state index contributed by atoms with van der Waals surface area (Å²) in [4.78, 5) is 13.5. The zero-order valence-corrected chi connectivity index (χ0v) is 13.2. The molecule has 0 spiro atoms. The highest BCUT2D eigenvalue weighted by Gasteiger charge is 2.40. The molecule has 3 rings (SSSR count). The fraction of sp³-hybridized carbons (Fsp3) is 0.667. The van der Waals surface area contributed by atoms with Crippen molar-refractivity contribution in [1.82, 2.24) is 5.32 Å². The van der Waals surface area contributed by atoms with E-state index in [-0.39, 0.29) is 24.2 Å². The van der Waals surface area contributed by atoms with Gasteiger partial charge in [-0.15, -0.1) is 23.7 Å². The van der Waals surface area contributed by atoms with Crippen LogP contribution in [0, 0.1) is 17.8 Å². The highest BCUT2D eigenvalue weighted by atomic mass is 35.5. The molecule has 1 aromatic heterocycles. The molecule has 0 saturated heterocycles. The van der Waals surface area contributed by atoms with Crippen LogP contribution in [0.3, 0.4) is 0 Å². The van der Waals surface area contributed by atoms with Crippen LogP contribution in [0.25, 0.3) is 0 Å². The molecule has 5 heteroatoms. The van der Waals surface area contributed by atoms with E-state index in [4.69, 9.17) is 5.73 Å². The van der Waals surface area contributed by atoms with Gasteiger partial charge in [-0.2, -0.15) is 0 Å². The number of nitrogens with one attached hydrogen (secondary N) is 1. The lowest BCUT2D eigenvalue weighted by Gasteiger charge is -2.43. The summed E-state index contributed by atoms with van der Waals surface area (Å²) in [6.45, 7) is 0.675. The molecule has 2 fully saturated rings. The number of halogens is 1. The molecule has 112 valence electrons. The van der Waals surface area contributed by atoms with Gasteiger partial charge in [0, 0.05) is 16.8 Å². The molecule has 1 heterocycles. The first-order chi connectivity index (χ1) is 9.24. The molecule has 2 saturated carbocycles. The average Bonchev–Trinajstić information content (AvgIpc) is 2.88. The Labute approximate surface area is 130 Å². The summed E-state index contributed by atoms with van der Waals surface area (Å²) < 4.78 is 0. The summed E-state index contributed by atoms with van der Waals surface area (Å²) in [5, 5.41) is 5.14. The summed E-state index contributed by atoms with van der Waals surface area (Å²) in [6.07, 6.45) is 5.72. The lowest BCUT2D eigenvalue weighted by Crippen LogP contribution is -2.49. The highest BCUT2D eigenvalue weighted by molar-refractivity contribution is 7.09. The molecule has 0 radical (unpaired) electrons. The van der Waals surface area contributed by atoms with Gasteiger partial charge in [0.05, 0.1) is 6.54 Å². The Morgan fingerprint density at radius 1 is 1.35 bits per heavy atom. The van der Waals surface area contributed by atoms with Crippen molar-refractivity contribution in [2.75, 3.05) is 0 Å². The first kappa shape index (κ1) is 15.8. The van der Waals surface area contributed by atoms with Gasteiger partial charge in [0.25, 0.3) is 0 Å². The SMILES string of the molecule is Cl.NC1C2CCCC1CC(C(=O)NCc1cccs1)C2. The van der Waals surface area contributed by atoms with Crippen LogP contribution in [0.5, 0.6) is 0 Å². The van der Waals surface area contributed by atoms with Gasteiger partial charge in [-0.25, -0.2) is 0 Å². The van der Waals surface area contributed by atoms with E-state index in [1.165, 1.54) is 24.1 Å². The van der Waals surface area contributed by atoms with E-state index in [2.05, 4.69) is 11.4 Å². The van der Waals surface area contributed by atoms with E-state index in [1.807, 2.05) is 11.4 Å². The molecule has 0 aliphatic heterocycles. The molecule has 0 aromatic carbocycles. The van der Waals surface area contributed by atoms with Crippen molar-refractivity contribution in [2.45, 2.75) is 44.7 Å². The van der Waals surface area contributed by atoms with Crippen molar-refractivity contribution < 1.29 is 4.79 Å². The summed E-state index contributed by atoms with van der Waals surface area (Å²) in [5.41, 5.74) is 6.27. The van der Waals surface area contributed by atoms with Crippen molar-refractivity contribution in [3.63, 3.8) is 0 Å². The second-order valence-electron chi connectivity index (χ2n) is 5.99. The van der Waals surface area contributed by atoms with Crippen LogP contribution in [-0.4, -0.2) is 11.9 Å². The monoisotopic (exact) mass is 314 g/mol. The maximum atomic E-state index is 12.3. The fourth-order valence-corrected chi connectivity index (χ4v) is 4.38. The van der Waals surface area contributed by atoms with E-state index >= 15 is 0 Å². The van der Waals surface area contributed by atoms with Crippen molar-refractivity contribution in [3.8, 4) is 0 Å². The third-order valence-electron chi connectivity index (χ3n) is 4.80. The smallest absolute Gasteiger partial charge is 0.223 e. The Balaban J connectivity index is 0.00000147. The van der Waals surface area contributed by atoms with Crippen LogP contribution in [-0.2, 0) is 11.3 Å². The van der Waals surface area contributed by atoms with Crippen molar-refractivity contribution in [2.24, 2.45) is 23.5 Å². The lowest BCUT2D eigenvalue weighted by molar-refractivity contribution is -0.128. The van der Waals surface area contributed by atoms with Crippen LogP contribution >= 0.6 is 23.7 Å². The maximum absolute atomic E-state index is 12.3. The van der Waals surface area contributed by atoms with Crippen LogP contribution in [0.2, 0.25) is 0 Å². The van der Waals surface area contributed by atoms with Gasteiger partial charge in [0.1, 0.15) is 0 Å². The zero-order valence-electron chi connectivity index (χ0n) is 11.6. The molecule has 3 N–H and O–H groups in total. The van der Waals surface area contributed by atoms with Crippen molar-refractivity contribution in [1.29, 1.82) is 0 Å². The number of carbonyl (C=O) groups excluding carboxylic acids is 1. The Hall–Kier alpha value is -0.580. The van der Waals surface area contributed by atoms with Gasteiger partial charge >= 0.3 is 0 Å². The molecule has 1 amide bonds. The standard InChI is InChI=1S/C15H22N2OS.ClH/c16-14-10-3-1-4-11(14)8-12(7-10)15(18)17-9-13-5-2-6-19-13;/h2,5-6,10-12,14H,1,3-4,7-9,16H2,(H,17,18);1H. The second kappa shape index (κ2) is 6.92. The quantitative estimate of drug-likeness (QED) is 0.901. The number of rotatable bonds is 3. The predicted octanol–water partition coefficient (Wildman–Crippen LogP) is 2.94. The zero-order chi connectivity index (χ0) is 13.2. The fourth-order valence-electron chi connectivity index (χ4n) is 3.73. The van der Waals surface area contributed by atoms with Gasteiger partial charge in [-0.1, -0.05) is 12.5 Å². The molecule has 1 aromatic rings. The van der Waals surface area contributed by atoms with Gasteiger partial charge in [-0.3, -0.25) is 4.79 Å². The maximum Gasteiger partial charge on any atom is 0.223 e. The Morgan fingerprint density at radius 3 is 2.65 bits per heavy atom. The average molecular weight is 315 g/mol. The number of hydrogen-bond acceptors (Lipinski definition) is 3. The number of amides is 1. The van der Waals surface area contributed by atoms with E-state index < -0.39 is 0 Å². The molecular weight excluding hydrogens is 292 g/mol. The minimum atomic E-state index is 0. The summed E-state index contributed by atoms with van der Waals surface area (Å²) in [5.74, 6) is 1.57. The summed E-state index contributed by atoms with van der Waals surface area (Å²) >= 11 is 1.69. The largest absolute Gasteiger partial charge is 0.351 e. The normalized spacial score (nSPS) is 32.2. The van der Waals surface area contributed by atoms with Gasteiger partial charge in [0.15, 0.2) is 0 Å². The molecule has 20 heavy (non-hydrogen) atoms. The van der Waals surface area contributed by atoms with Crippen LogP contribution in [0.1, 0.15) is 37.0 Å². The molecular formula is C15H23ClN2OS. The molecule has 2 unspecified atom stereocenters.